The van der Waals surface area contributed by atoms with Crippen molar-refractivity contribution < 1.29 is 14.3 Å². The molecule has 0 heterocycles. The molecule has 3 nitrogen and oxygen atoms in total. The number of methoxy groups -OCH3 is 1. The highest BCUT2D eigenvalue weighted by molar-refractivity contribution is 5.83. The molecule has 0 aromatic rings. The molecule has 3 heteroatoms. The van der Waals surface area contributed by atoms with Crippen molar-refractivity contribution >= 4 is 11.8 Å². The summed E-state index contributed by atoms with van der Waals surface area (Å²) in [5, 5.41) is 0. The summed E-state index contributed by atoms with van der Waals surface area (Å²) >= 11 is 0. The molecule has 0 bridgehead atoms. The third-order valence-electron chi connectivity index (χ3n) is 3.40. The van der Waals surface area contributed by atoms with E-state index < -0.39 is 0 Å². The molecule has 1 saturated carbocycles. The fourth-order valence-electron chi connectivity index (χ4n) is 2.61. The highest BCUT2D eigenvalue weighted by Gasteiger charge is 2.33. The van der Waals surface area contributed by atoms with Gasteiger partial charge in [0.2, 0.25) is 0 Å². The predicted octanol–water partition coefficient (Wildman–Crippen LogP) is 2.19. The maximum absolute atomic E-state index is 11.8. The first kappa shape index (κ1) is 12.2. The molecule has 1 unspecified atom stereocenters. The molecule has 0 aromatic carbocycles. The molecule has 1 aliphatic rings. The Morgan fingerprint density at radius 2 is 2.27 bits per heavy atom. The summed E-state index contributed by atoms with van der Waals surface area (Å²) in [6, 6.07) is 0. The number of carbonyl (C=O) groups is 2. The van der Waals surface area contributed by atoms with Crippen LogP contribution in [-0.2, 0) is 14.3 Å². The maximum Gasteiger partial charge on any atom is 0.305 e. The highest BCUT2D eigenvalue weighted by atomic mass is 16.5. The van der Waals surface area contributed by atoms with Crippen LogP contribution in [0.5, 0.6) is 0 Å². The van der Waals surface area contributed by atoms with E-state index in [0.29, 0.717) is 24.5 Å². The van der Waals surface area contributed by atoms with Crippen LogP contribution in [0.25, 0.3) is 0 Å². The number of carbonyl (C=O) groups excluding carboxylic acids is 2. The lowest BCUT2D eigenvalue weighted by Crippen LogP contribution is -2.33. The van der Waals surface area contributed by atoms with Crippen LogP contribution in [0.4, 0.5) is 0 Å². The molecule has 1 rings (SSSR count). The predicted molar refractivity (Wildman–Crippen MR) is 57.3 cm³/mol. The van der Waals surface area contributed by atoms with Crippen molar-refractivity contribution in [1.82, 2.24) is 0 Å². The van der Waals surface area contributed by atoms with Gasteiger partial charge in [-0.25, -0.2) is 0 Å². The highest BCUT2D eigenvalue weighted by Crippen LogP contribution is 2.33. The van der Waals surface area contributed by atoms with E-state index in [1.165, 1.54) is 7.11 Å². The molecule has 0 spiro atoms. The molecular formula is C12H20O3. The lowest BCUT2D eigenvalue weighted by Gasteiger charge is -2.31. The molecule has 86 valence electrons. The van der Waals surface area contributed by atoms with E-state index in [1.807, 2.05) is 6.92 Å². The van der Waals surface area contributed by atoms with E-state index in [9.17, 15) is 9.59 Å². The van der Waals surface area contributed by atoms with Crippen LogP contribution in [0.2, 0.25) is 0 Å². The molecule has 1 fully saturated rings. The van der Waals surface area contributed by atoms with E-state index in [0.717, 1.165) is 12.8 Å². The standard InChI is InChI=1S/C12H20O3/c1-8-5-4-6-10(13)12(8)9(2)7-11(14)15-3/h8-9,12H,4-7H2,1-3H3/t8?,9-,12+/m1/s1. The van der Waals surface area contributed by atoms with Gasteiger partial charge in [-0.3, -0.25) is 9.59 Å². The zero-order valence-corrected chi connectivity index (χ0v) is 9.79. The Labute approximate surface area is 91.2 Å². The van der Waals surface area contributed by atoms with E-state index in [1.54, 1.807) is 0 Å². The Kier molecular flexibility index (Phi) is 4.30. The van der Waals surface area contributed by atoms with Crippen molar-refractivity contribution in [3.8, 4) is 0 Å². The van der Waals surface area contributed by atoms with Gasteiger partial charge < -0.3 is 4.74 Å². The van der Waals surface area contributed by atoms with Gasteiger partial charge in [-0.05, 0) is 24.7 Å². The van der Waals surface area contributed by atoms with Crippen LogP contribution in [0.1, 0.15) is 39.5 Å². The molecule has 0 aliphatic heterocycles. The van der Waals surface area contributed by atoms with Crippen molar-refractivity contribution in [1.29, 1.82) is 0 Å². The van der Waals surface area contributed by atoms with E-state index in [-0.39, 0.29) is 17.8 Å². The zero-order chi connectivity index (χ0) is 11.4. The van der Waals surface area contributed by atoms with E-state index >= 15 is 0 Å². The van der Waals surface area contributed by atoms with E-state index in [2.05, 4.69) is 11.7 Å². The number of hydrogen-bond donors (Lipinski definition) is 0. The van der Waals surface area contributed by atoms with Crippen LogP contribution in [-0.4, -0.2) is 18.9 Å². The quantitative estimate of drug-likeness (QED) is 0.673. The van der Waals surface area contributed by atoms with Gasteiger partial charge in [-0.2, -0.15) is 0 Å². The molecule has 3 atom stereocenters. The summed E-state index contributed by atoms with van der Waals surface area (Å²) in [6.07, 6.45) is 3.14. The fraction of sp³-hybridized carbons (Fsp3) is 0.833. The Morgan fingerprint density at radius 3 is 2.80 bits per heavy atom. The number of ketones is 1. The van der Waals surface area contributed by atoms with Gasteiger partial charge in [-0.15, -0.1) is 0 Å². The summed E-state index contributed by atoms with van der Waals surface area (Å²) in [6.45, 7) is 4.08. The second-order valence-corrected chi connectivity index (χ2v) is 4.62. The van der Waals surface area contributed by atoms with Gasteiger partial charge in [0.1, 0.15) is 5.78 Å². The maximum atomic E-state index is 11.8. The van der Waals surface area contributed by atoms with Crippen molar-refractivity contribution in [3.05, 3.63) is 0 Å². The van der Waals surface area contributed by atoms with Crippen LogP contribution >= 0.6 is 0 Å². The summed E-state index contributed by atoms with van der Waals surface area (Å²) in [7, 11) is 1.39. The Morgan fingerprint density at radius 1 is 1.60 bits per heavy atom. The third-order valence-corrected chi connectivity index (χ3v) is 3.40. The zero-order valence-electron chi connectivity index (χ0n) is 9.79. The van der Waals surface area contributed by atoms with Gasteiger partial charge in [0.05, 0.1) is 7.11 Å². The Hall–Kier alpha value is -0.860. The fourth-order valence-corrected chi connectivity index (χ4v) is 2.61. The van der Waals surface area contributed by atoms with Crippen molar-refractivity contribution in [2.24, 2.45) is 17.8 Å². The molecule has 0 aromatic heterocycles. The summed E-state index contributed by atoms with van der Waals surface area (Å²) in [5.74, 6) is 0.683. The largest absolute Gasteiger partial charge is 0.469 e. The molecule has 0 N–H and O–H groups in total. The molecule has 15 heavy (non-hydrogen) atoms. The van der Waals surface area contributed by atoms with Crippen molar-refractivity contribution in [2.75, 3.05) is 7.11 Å². The number of Topliss-reactive ketones (excluding diaryl/α,β-unsaturated/α-hetero) is 1. The van der Waals surface area contributed by atoms with Crippen LogP contribution in [0.3, 0.4) is 0 Å². The summed E-state index contributed by atoms with van der Waals surface area (Å²) in [4.78, 5) is 22.9. The normalized spacial score (nSPS) is 28.6. The average Bonchev–Trinajstić information content (AvgIpc) is 2.17. The Balaban J connectivity index is 2.59. The minimum atomic E-state index is -0.215. The monoisotopic (exact) mass is 212 g/mol. The molecule has 0 radical (unpaired) electrons. The van der Waals surface area contributed by atoms with Crippen molar-refractivity contribution in [2.45, 2.75) is 39.5 Å². The second kappa shape index (κ2) is 5.29. The number of ether oxygens (including phenoxy) is 1. The topological polar surface area (TPSA) is 43.4 Å². The first-order chi connectivity index (χ1) is 7.06. The minimum absolute atomic E-state index is 0.0536. The average molecular weight is 212 g/mol. The van der Waals surface area contributed by atoms with E-state index in [4.69, 9.17) is 0 Å². The van der Waals surface area contributed by atoms with Gasteiger partial charge >= 0.3 is 5.97 Å². The number of esters is 1. The number of hydrogen-bond acceptors (Lipinski definition) is 3. The smallest absolute Gasteiger partial charge is 0.305 e. The van der Waals surface area contributed by atoms with Crippen LogP contribution in [0.15, 0.2) is 0 Å². The third kappa shape index (κ3) is 3.05. The number of rotatable bonds is 3. The molecule has 0 amide bonds. The first-order valence-electron chi connectivity index (χ1n) is 5.65. The summed E-state index contributed by atoms with van der Waals surface area (Å²) in [5.41, 5.74) is 0. The molecule has 1 aliphatic carbocycles. The minimum Gasteiger partial charge on any atom is -0.469 e. The second-order valence-electron chi connectivity index (χ2n) is 4.62. The lowest BCUT2D eigenvalue weighted by molar-refractivity contribution is -0.143. The molecular weight excluding hydrogens is 192 g/mol. The van der Waals surface area contributed by atoms with Gasteiger partial charge in [-0.1, -0.05) is 13.8 Å². The van der Waals surface area contributed by atoms with Crippen molar-refractivity contribution in [3.63, 3.8) is 0 Å². The van der Waals surface area contributed by atoms with Crippen LogP contribution in [0, 0.1) is 17.8 Å². The Bertz CT molecular complexity index is 247. The van der Waals surface area contributed by atoms with Crippen LogP contribution < -0.4 is 0 Å². The van der Waals surface area contributed by atoms with Gasteiger partial charge in [0, 0.05) is 18.8 Å². The molecule has 0 saturated heterocycles. The lowest BCUT2D eigenvalue weighted by atomic mass is 9.72. The SMILES string of the molecule is COC(=O)C[C@@H](C)[C@H]1C(=O)CCCC1C. The van der Waals surface area contributed by atoms with Gasteiger partial charge in [0.25, 0.3) is 0 Å². The first-order valence-corrected chi connectivity index (χ1v) is 5.65. The van der Waals surface area contributed by atoms with Gasteiger partial charge in [0.15, 0.2) is 0 Å². The summed E-state index contributed by atoms with van der Waals surface area (Å²) < 4.78 is 4.63.